The number of nitrogens with zero attached hydrogens (tertiary/aromatic N) is 2. The lowest BCUT2D eigenvalue weighted by Crippen LogP contribution is -2.10. The summed E-state index contributed by atoms with van der Waals surface area (Å²) in [5, 5.41) is 7.07. The predicted molar refractivity (Wildman–Crippen MR) is 104 cm³/mol. The van der Waals surface area contributed by atoms with Crippen LogP contribution < -0.4 is 0 Å². The molecule has 0 aliphatic rings. The Morgan fingerprint density at radius 1 is 1.04 bits per heavy atom. The van der Waals surface area contributed by atoms with Crippen molar-refractivity contribution in [2.24, 2.45) is 0 Å². The topological polar surface area (TPSA) is 65.2 Å². The van der Waals surface area contributed by atoms with E-state index in [2.05, 4.69) is 17.3 Å². The second-order valence-electron chi connectivity index (χ2n) is 6.86. The minimum absolute atomic E-state index is 0.0494. The van der Waals surface area contributed by atoms with Gasteiger partial charge >= 0.3 is 5.97 Å². The Hall–Kier alpha value is -3.21. The van der Waals surface area contributed by atoms with Crippen molar-refractivity contribution in [2.75, 3.05) is 0 Å². The molecule has 0 bridgehead atoms. The molecule has 0 aliphatic heterocycles. The summed E-state index contributed by atoms with van der Waals surface area (Å²) >= 11 is 0. The van der Waals surface area contributed by atoms with E-state index in [9.17, 15) is 4.79 Å². The van der Waals surface area contributed by atoms with E-state index >= 15 is 0 Å². The van der Waals surface area contributed by atoms with Crippen molar-refractivity contribution >= 4 is 27.6 Å². The fourth-order valence-corrected chi connectivity index (χ4v) is 3.32. The molecule has 0 saturated heterocycles. The van der Waals surface area contributed by atoms with E-state index in [0.29, 0.717) is 17.0 Å². The number of carbonyl (C=O) groups excluding carboxylic acids is 1. The van der Waals surface area contributed by atoms with Gasteiger partial charge in [-0.05, 0) is 18.4 Å². The lowest BCUT2D eigenvalue weighted by Gasteiger charge is -2.11. The fourth-order valence-electron chi connectivity index (χ4n) is 3.32. The third kappa shape index (κ3) is 3.05. The lowest BCUT2D eigenvalue weighted by atomic mass is 10.0. The first-order chi connectivity index (χ1) is 13.1. The van der Waals surface area contributed by atoms with Gasteiger partial charge in [-0.15, -0.1) is 0 Å². The highest BCUT2D eigenvalue weighted by atomic mass is 16.5. The maximum Gasteiger partial charge on any atom is 0.344 e. The first-order valence-corrected chi connectivity index (χ1v) is 8.96. The Kier molecular flexibility index (Phi) is 4.36. The number of rotatable bonds is 4. The minimum Gasteiger partial charge on any atom is -0.455 e. The summed E-state index contributed by atoms with van der Waals surface area (Å²) in [4.78, 5) is 17.4. The lowest BCUT2D eigenvalue weighted by molar-refractivity contribution is 0.0466. The molecule has 0 atom stereocenters. The van der Waals surface area contributed by atoms with Crippen LogP contribution in [-0.2, 0) is 11.3 Å². The number of hydrogen-bond acceptors (Lipinski definition) is 5. The molecule has 0 aliphatic carbocycles. The Morgan fingerprint density at radius 3 is 2.44 bits per heavy atom. The molecule has 2 aromatic heterocycles. The van der Waals surface area contributed by atoms with E-state index in [0.717, 1.165) is 27.4 Å². The van der Waals surface area contributed by atoms with Crippen LogP contribution in [0, 0.1) is 6.92 Å². The van der Waals surface area contributed by atoms with Gasteiger partial charge in [0.1, 0.15) is 12.2 Å². The molecule has 5 nitrogen and oxygen atoms in total. The summed E-state index contributed by atoms with van der Waals surface area (Å²) in [5.41, 5.74) is 2.57. The Labute approximate surface area is 157 Å². The van der Waals surface area contributed by atoms with Crippen molar-refractivity contribution in [1.29, 1.82) is 0 Å². The van der Waals surface area contributed by atoms with Gasteiger partial charge in [-0.2, -0.15) is 0 Å². The largest absolute Gasteiger partial charge is 0.455 e. The number of carbonyl (C=O) groups is 1. The minimum atomic E-state index is -0.434. The molecule has 5 heteroatoms. The van der Waals surface area contributed by atoms with Gasteiger partial charge in [-0.3, -0.25) is 0 Å². The summed E-state index contributed by atoms with van der Waals surface area (Å²) in [5.74, 6) is 0.165. The summed E-state index contributed by atoms with van der Waals surface area (Å²) < 4.78 is 10.9. The molecule has 0 saturated carbocycles. The zero-order valence-corrected chi connectivity index (χ0v) is 15.5. The van der Waals surface area contributed by atoms with Crippen LogP contribution in [0.3, 0.4) is 0 Å². The van der Waals surface area contributed by atoms with Crippen LogP contribution in [0.4, 0.5) is 0 Å². The highest BCUT2D eigenvalue weighted by molar-refractivity contribution is 6.06. The van der Waals surface area contributed by atoms with Crippen molar-refractivity contribution in [1.82, 2.24) is 10.1 Å². The molecule has 27 heavy (non-hydrogen) atoms. The first kappa shape index (κ1) is 17.2. The number of ether oxygens (including phenoxy) is 1. The van der Waals surface area contributed by atoms with E-state index in [1.807, 2.05) is 50.2 Å². The number of pyridine rings is 1. The fraction of sp³-hybridized carbons (Fsp3) is 0.227. The molecule has 0 amide bonds. The zero-order valence-electron chi connectivity index (χ0n) is 15.5. The maximum absolute atomic E-state index is 12.7. The van der Waals surface area contributed by atoms with Crippen molar-refractivity contribution in [3.8, 4) is 0 Å². The second kappa shape index (κ2) is 6.83. The van der Waals surface area contributed by atoms with Crippen LogP contribution in [0.2, 0.25) is 0 Å². The number of aryl methyl sites for hydroxylation is 1. The standard InChI is InChI=1S/C22H20N2O3/c1-13(2)21-20(14(3)24-27-21)22(25)26-12-19-17-10-5-4-8-15(17)16-9-6-7-11-18(16)23-19/h4-11,13H,12H2,1-3H3. The molecule has 0 spiro atoms. The monoisotopic (exact) mass is 360 g/mol. The van der Waals surface area contributed by atoms with Crippen molar-refractivity contribution in [2.45, 2.75) is 33.3 Å². The van der Waals surface area contributed by atoms with Gasteiger partial charge in [0, 0.05) is 16.7 Å². The third-order valence-corrected chi connectivity index (χ3v) is 4.65. The number of aromatic nitrogens is 2. The molecule has 0 fully saturated rings. The molecule has 0 unspecified atom stereocenters. The van der Waals surface area contributed by atoms with Gasteiger partial charge in [-0.25, -0.2) is 9.78 Å². The van der Waals surface area contributed by atoms with E-state index in [4.69, 9.17) is 14.2 Å². The van der Waals surface area contributed by atoms with Gasteiger partial charge in [0.25, 0.3) is 0 Å². The van der Waals surface area contributed by atoms with Crippen molar-refractivity contribution in [3.05, 3.63) is 71.2 Å². The smallest absolute Gasteiger partial charge is 0.344 e. The van der Waals surface area contributed by atoms with Crippen LogP contribution in [0.25, 0.3) is 21.7 Å². The molecule has 4 rings (SSSR count). The van der Waals surface area contributed by atoms with Gasteiger partial charge in [0.15, 0.2) is 5.76 Å². The van der Waals surface area contributed by atoms with E-state index < -0.39 is 5.97 Å². The van der Waals surface area contributed by atoms with Gasteiger partial charge in [0.2, 0.25) is 0 Å². The quantitative estimate of drug-likeness (QED) is 0.371. The molecular formula is C22H20N2O3. The number of benzene rings is 2. The van der Waals surface area contributed by atoms with E-state index in [1.165, 1.54) is 0 Å². The normalized spacial score (nSPS) is 11.4. The Bertz CT molecular complexity index is 1140. The molecule has 0 N–H and O–H groups in total. The summed E-state index contributed by atoms with van der Waals surface area (Å²) in [6, 6.07) is 16.0. The average Bonchev–Trinajstić information content (AvgIpc) is 3.08. The van der Waals surface area contributed by atoms with Crippen LogP contribution >= 0.6 is 0 Å². The van der Waals surface area contributed by atoms with E-state index in [1.54, 1.807) is 6.92 Å². The van der Waals surface area contributed by atoms with Crippen LogP contribution in [0.15, 0.2) is 53.1 Å². The molecule has 2 aromatic carbocycles. The van der Waals surface area contributed by atoms with Crippen LogP contribution in [-0.4, -0.2) is 16.1 Å². The highest BCUT2D eigenvalue weighted by Crippen LogP contribution is 2.27. The average molecular weight is 360 g/mol. The number of esters is 1. The van der Waals surface area contributed by atoms with Crippen molar-refractivity contribution < 1.29 is 14.1 Å². The maximum atomic E-state index is 12.7. The second-order valence-corrected chi connectivity index (χ2v) is 6.86. The van der Waals surface area contributed by atoms with Crippen molar-refractivity contribution in [3.63, 3.8) is 0 Å². The number of fused-ring (bicyclic) bond motifs is 3. The molecule has 0 radical (unpaired) electrons. The molecular weight excluding hydrogens is 340 g/mol. The third-order valence-electron chi connectivity index (χ3n) is 4.65. The summed E-state index contributed by atoms with van der Waals surface area (Å²) in [6.45, 7) is 5.74. The summed E-state index contributed by atoms with van der Waals surface area (Å²) in [6.07, 6.45) is 0. The molecule has 136 valence electrons. The first-order valence-electron chi connectivity index (χ1n) is 8.96. The number of hydrogen-bond donors (Lipinski definition) is 0. The highest BCUT2D eigenvalue weighted by Gasteiger charge is 2.24. The number of para-hydroxylation sites is 1. The Morgan fingerprint density at radius 2 is 1.70 bits per heavy atom. The van der Waals surface area contributed by atoms with Gasteiger partial charge < -0.3 is 9.26 Å². The SMILES string of the molecule is Cc1noc(C(C)C)c1C(=O)OCc1nc2ccccc2c2ccccc12. The zero-order chi connectivity index (χ0) is 19.0. The predicted octanol–water partition coefficient (Wildman–Crippen LogP) is 5.16. The molecule has 2 heterocycles. The Balaban J connectivity index is 1.70. The molecule has 4 aromatic rings. The van der Waals surface area contributed by atoms with Crippen LogP contribution in [0.1, 0.15) is 47.3 Å². The van der Waals surface area contributed by atoms with Crippen LogP contribution in [0.5, 0.6) is 0 Å². The van der Waals surface area contributed by atoms with E-state index in [-0.39, 0.29) is 12.5 Å². The summed E-state index contributed by atoms with van der Waals surface area (Å²) in [7, 11) is 0. The van der Waals surface area contributed by atoms with Gasteiger partial charge in [-0.1, -0.05) is 61.5 Å². The van der Waals surface area contributed by atoms with Gasteiger partial charge in [0.05, 0.1) is 16.9 Å².